The van der Waals surface area contributed by atoms with E-state index in [-0.39, 0.29) is 36.6 Å². The van der Waals surface area contributed by atoms with Crippen LogP contribution in [0.3, 0.4) is 0 Å². The molecule has 2 aromatic carbocycles. The van der Waals surface area contributed by atoms with Gasteiger partial charge in [0.05, 0.1) is 18.4 Å². The van der Waals surface area contributed by atoms with E-state index in [9.17, 15) is 34.5 Å². The number of benzene rings is 2. The van der Waals surface area contributed by atoms with E-state index in [1.54, 1.807) is 24.3 Å². The van der Waals surface area contributed by atoms with Crippen LogP contribution in [0, 0.1) is 0 Å². The summed E-state index contributed by atoms with van der Waals surface area (Å²) in [7, 11) is 0. The summed E-state index contributed by atoms with van der Waals surface area (Å²) in [5.41, 5.74) is 0.0715. The molecule has 5 atom stereocenters. The minimum atomic E-state index is -1.40. The summed E-state index contributed by atoms with van der Waals surface area (Å²) in [5.74, 6) is -1.62. The fourth-order valence-corrected chi connectivity index (χ4v) is 5.65. The Morgan fingerprint density at radius 3 is 2.30 bits per heavy atom. The summed E-state index contributed by atoms with van der Waals surface area (Å²) < 4.78 is 5.59. The minimum Gasteiger partial charge on any atom is -0.394 e. The molecule has 0 spiro atoms. The lowest BCUT2D eigenvalue weighted by Crippen LogP contribution is -2.63. The molecule has 0 aromatic heterocycles. The molecule has 2 heterocycles. The van der Waals surface area contributed by atoms with Crippen LogP contribution >= 0.6 is 11.8 Å². The first-order chi connectivity index (χ1) is 17.7. The number of nitrogens with zero attached hydrogens (tertiary/aromatic N) is 1. The first-order valence-electron chi connectivity index (χ1n) is 11.9. The molecule has 2 aliphatic heterocycles. The third-order valence-electron chi connectivity index (χ3n) is 6.37. The summed E-state index contributed by atoms with van der Waals surface area (Å²) in [6, 6.07) is 9.69. The predicted octanol–water partition coefficient (Wildman–Crippen LogP) is -0.381. The molecule has 1 saturated heterocycles. The Morgan fingerprint density at radius 1 is 1.05 bits per heavy atom. The maximum Gasteiger partial charge on any atom is 0.261 e. The third kappa shape index (κ3) is 5.63. The molecular weight excluding hydrogens is 502 g/mol. The van der Waals surface area contributed by atoms with Crippen LogP contribution < -0.4 is 10.6 Å². The summed E-state index contributed by atoms with van der Waals surface area (Å²) in [5, 5.41) is 36.5. The van der Waals surface area contributed by atoms with E-state index in [0.29, 0.717) is 22.9 Å². The van der Waals surface area contributed by atoms with Crippen molar-refractivity contribution >= 4 is 46.2 Å². The zero-order valence-corrected chi connectivity index (χ0v) is 20.9. The second-order valence-corrected chi connectivity index (χ2v) is 10.0. The van der Waals surface area contributed by atoms with Crippen molar-refractivity contribution in [1.29, 1.82) is 0 Å². The zero-order chi connectivity index (χ0) is 26.7. The molecule has 0 unspecified atom stereocenters. The minimum absolute atomic E-state index is 0.0847. The van der Waals surface area contributed by atoms with E-state index in [2.05, 4.69) is 10.6 Å². The topological polar surface area (TPSA) is 166 Å². The second-order valence-electron chi connectivity index (χ2n) is 8.92. The van der Waals surface area contributed by atoms with Gasteiger partial charge >= 0.3 is 0 Å². The maximum atomic E-state index is 12.9. The first-order valence-corrected chi connectivity index (χ1v) is 12.9. The standard InChI is InChI=1S/C25H29N3O8S/c1-13(30)27-20-22(33)21(32)17(11-29)36-25(20)37-12-18(31)26-9-4-10-28-23(34)15-7-2-5-14-6-3-8-16(19(14)15)24(28)35/h2-3,5-8,17,20-22,25,29,32-33H,4,9-12H2,1H3,(H,26,31)(H,27,30)/t17-,20-,21-,22-,25+/m1/s1. The smallest absolute Gasteiger partial charge is 0.261 e. The zero-order valence-electron chi connectivity index (χ0n) is 20.1. The fourth-order valence-electron chi connectivity index (χ4n) is 4.57. The Hall–Kier alpha value is -3.03. The van der Waals surface area contributed by atoms with E-state index >= 15 is 0 Å². The number of carbonyl (C=O) groups excluding carboxylic acids is 4. The average Bonchev–Trinajstić information content (AvgIpc) is 2.88. The van der Waals surface area contributed by atoms with E-state index < -0.39 is 42.3 Å². The fraction of sp³-hybridized carbons (Fsp3) is 0.440. The van der Waals surface area contributed by atoms with Crippen LogP contribution in [0.4, 0.5) is 0 Å². The number of rotatable bonds is 9. The van der Waals surface area contributed by atoms with E-state index in [0.717, 1.165) is 17.1 Å². The van der Waals surface area contributed by atoms with Gasteiger partial charge in [-0.05, 0) is 23.9 Å². The Bertz CT molecular complexity index is 1160. The maximum absolute atomic E-state index is 12.9. The van der Waals surface area contributed by atoms with Crippen molar-refractivity contribution in [3.8, 4) is 0 Å². The first kappa shape index (κ1) is 27.0. The Morgan fingerprint density at radius 2 is 1.70 bits per heavy atom. The highest BCUT2D eigenvalue weighted by Crippen LogP contribution is 2.30. The van der Waals surface area contributed by atoms with Crippen LogP contribution in [0.1, 0.15) is 34.1 Å². The van der Waals surface area contributed by atoms with Crippen molar-refractivity contribution in [2.45, 2.75) is 43.1 Å². The number of aliphatic hydroxyl groups is 3. The van der Waals surface area contributed by atoms with Crippen LogP contribution in [-0.2, 0) is 14.3 Å². The molecule has 2 aromatic rings. The van der Waals surface area contributed by atoms with Gasteiger partial charge in [0.2, 0.25) is 11.8 Å². The lowest BCUT2D eigenvalue weighted by molar-refractivity contribution is -0.173. The van der Waals surface area contributed by atoms with Crippen molar-refractivity contribution in [3.63, 3.8) is 0 Å². The summed E-state index contributed by atoms with van der Waals surface area (Å²) in [6.07, 6.45) is -3.49. The van der Waals surface area contributed by atoms with Gasteiger partial charge in [0.1, 0.15) is 23.7 Å². The summed E-state index contributed by atoms with van der Waals surface area (Å²) in [6.45, 7) is 1.06. The van der Waals surface area contributed by atoms with Crippen LogP contribution in [0.2, 0.25) is 0 Å². The van der Waals surface area contributed by atoms with E-state index in [1.807, 2.05) is 12.1 Å². The summed E-state index contributed by atoms with van der Waals surface area (Å²) in [4.78, 5) is 51.0. The molecule has 4 amide bonds. The third-order valence-corrected chi connectivity index (χ3v) is 7.53. The molecule has 4 rings (SSSR count). The van der Waals surface area contributed by atoms with Gasteiger partial charge in [0, 0.05) is 36.5 Å². The van der Waals surface area contributed by atoms with Gasteiger partial charge in [0.15, 0.2) is 0 Å². The van der Waals surface area contributed by atoms with Gasteiger partial charge in [-0.3, -0.25) is 24.1 Å². The number of thioether (sulfide) groups is 1. The van der Waals surface area contributed by atoms with Crippen molar-refractivity contribution in [2.24, 2.45) is 0 Å². The Balaban J connectivity index is 1.28. The monoisotopic (exact) mass is 531 g/mol. The molecule has 37 heavy (non-hydrogen) atoms. The highest BCUT2D eigenvalue weighted by molar-refractivity contribution is 8.00. The molecule has 11 nitrogen and oxygen atoms in total. The van der Waals surface area contributed by atoms with Crippen molar-refractivity contribution < 1.29 is 39.2 Å². The number of imide groups is 1. The van der Waals surface area contributed by atoms with Crippen LogP contribution in [-0.4, -0.2) is 99.1 Å². The van der Waals surface area contributed by atoms with E-state index in [4.69, 9.17) is 4.74 Å². The molecule has 0 radical (unpaired) electrons. The summed E-state index contributed by atoms with van der Waals surface area (Å²) >= 11 is 1.01. The second kappa shape index (κ2) is 11.6. The van der Waals surface area contributed by atoms with Crippen molar-refractivity contribution in [3.05, 3.63) is 47.5 Å². The quantitative estimate of drug-likeness (QED) is 0.214. The normalized spacial score (nSPS) is 25.3. The molecule has 2 aliphatic rings. The number of aliphatic hydroxyl groups excluding tert-OH is 3. The molecule has 0 saturated carbocycles. The highest BCUT2D eigenvalue weighted by Gasteiger charge is 2.45. The van der Waals surface area contributed by atoms with Crippen LogP contribution in [0.5, 0.6) is 0 Å². The SMILES string of the molecule is CC(=O)N[C@@H]1[C@@H](O)[C@H](O)[C@@H](CO)O[C@H]1SCC(=O)NCCCN1C(=O)c2cccc3cccc(c23)C1=O. The number of amides is 4. The van der Waals surface area contributed by atoms with Gasteiger partial charge in [0.25, 0.3) is 11.8 Å². The van der Waals surface area contributed by atoms with Crippen LogP contribution in [0.25, 0.3) is 10.8 Å². The van der Waals surface area contributed by atoms with Gasteiger partial charge in [-0.2, -0.15) is 0 Å². The van der Waals surface area contributed by atoms with Gasteiger partial charge in [-0.25, -0.2) is 0 Å². The average molecular weight is 532 g/mol. The lowest BCUT2D eigenvalue weighted by atomic mass is 9.94. The molecule has 0 bridgehead atoms. The number of ether oxygens (including phenoxy) is 1. The number of carbonyl (C=O) groups is 4. The van der Waals surface area contributed by atoms with Gasteiger partial charge in [-0.15, -0.1) is 11.8 Å². The lowest BCUT2D eigenvalue weighted by Gasteiger charge is -2.42. The molecule has 12 heteroatoms. The number of nitrogens with one attached hydrogen (secondary N) is 2. The number of hydrogen-bond donors (Lipinski definition) is 5. The molecule has 198 valence electrons. The molecular formula is C25H29N3O8S. The van der Waals surface area contributed by atoms with E-state index in [1.165, 1.54) is 11.8 Å². The molecule has 1 fully saturated rings. The van der Waals surface area contributed by atoms with Crippen molar-refractivity contribution in [2.75, 3.05) is 25.4 Å². The molecule has 5 N–H and O–H groups in total. The Labute approximate surface area is 217 Å². The number of hydrogen-bond acceptors (Lipinski definition) is 9. The molecule has 0 aliphatic carbocycles. The Kier molecular flexibility index (Phi) is 8.45. The van der Waals surface area contributed by atoms with Crippen LogP contribution in [0.15, 0.2) is 36.4 Å². The largest absolute Gasteiger partial charge is 0.394 e. The van der Waals surface area contributed by atoms with Gasteiger partial charge < -0.3 is 30.7 Å². The predicted molar refractivity (Wildman–Crippen MR) is 135 cm³/mol. The van der Waals surface area contributed by atoms with Crippen molar-refractivity contribution in [1.82, 2.24) is 15.5 Å². The highest BCUT2D eigenvalue weighted by atomic mass is 32.2. The van der Waals surface area contributed by atoms with Gasteiger partial charge in [-0.1, -0.05) is 24.3 Å².